The lowest BCUT2D eigenvalue weighted by molar-refractivity contribution is -0.192. The van der Waals surface area contributed by atoms with Crippen molar-refractivity contribution in [3.63, 3.8) is 0 Å². The minimum absolute atomic E-state index is 0.0467. The number of hydrogen-bond donors (Lipinski definition) is 1. The van der Waals surface area contributed by atoms with Crippen molar-refractivity contribution < 1.29 is 36.2 Å². The SMILES string of the molecule is COCC1CCC2(CCN(c3ncccn3)CC2)N1S(C)(=O)=O.O=C(O)C(F)(F)F. The van der Waals surface area contributed by atoms with Crippen LogP contribution in [0.25, 0.3) is 0 Å². The molecular formula is C17H25F3N4O5S. The summed E-state index contributed by atoms with van der Waals surface area (Å²) in [6.07, 6.45) is 3.08. The fourth-order valence-electron chi connectivity index (χ4n) is 4.06. The molecule has 0 aromatic carbocycles. The van der Waals surface area contributed by atoms with Crippen LogP contribution < -0.4 is 4.90 Å². The number of carboxylic acids is 1. The number of anilines is 1. The molecule has 0 bridgehead atoms. The molecule has 3 heterocycles. The molecule has 2 fully saturated rings. The fraction of sp³-hybridized carbons (Fsp3) is 0.706. The Labute approximate surface area is 172 Å². The van der Waals surface area contributed by atoms with Gasteiger partial charge < -0.3 is 14.7 Å². The number of methoxy groups -OCH3 is 1. The smallest absolute Gasteiger partial charge is 0.475 e. The van der Waals surface area contributed by atoms with Crippen LogP contribution in [0.4, 0.5) is 19.1 Å². The largest absolute Gasteiger partial charge is 0.490 e. The van der Waals surface area contributed by atoms with Crippen molar-refractivity contribution in [3.05, 3.63) is 18.5 Å². The van der Waals surface area contributed by atoms with Gasteiger partial charge in [0.25, 0.3) is 0 Å². The van der Waals surface area contributed by atoms with Crippen LogP contribution in [0.3, 0.4) is 0 Å². The molecule has 0 aliphatic carbocycles. The molecular weight excluding hydrogens is 429 g/mol. The Morgan fingerprint density at radius 3 is 2.23 bits per heavy atom. The topological polar surface area (TPSA) is 113 Å². The number of aliphatic carboxylic acids is 1. The normalized spacial score (nSPS) is 21.9. The summed E-state index contributed by atoms with van der Waals surface area (Å²) in [4.78, 5) is 19.6. The summed E-state index contributed by atoms with van der Waals surface area (Å²) in [5.74, 6) is -2.04. The Kier molecular flexibility index (Phi) is 7.64. The zero-order valence-corrected chi connectivity index (χ0v) is 17.5. The molecule has 13 heteroatoms. The average molecular weight is 454 g/mol. The first-order valence-corrected chi connectivity index (χ1v) is 11.1. The van der Waals surface area contributed by atoms with Gasteiger partial charge in [0.15, 0.2) is 0 Å². The highest BCUT2D eigenvalue weighted by atomic mass is 32.2. The Morgan fingerprint density at radius 1 is 1.27 bits per heavy atom. The van der Waals surface area contributed by atoms with Gasteiger partial charge in [0.1, 0.15) is 0 Å². The van der Waals surface area contributed by atoms with Crippen molar-refractivity contribution in [2.45, 2.75) is 43.4 Å². The molecule has 0 saturated carbocycles. The molecule has 1 N–H and O–H groups in total. The summed E-state index contributed by atoms with van der Waals surface area (Å²) in [5.41, 5.74) is -0.276. The number of carboxylic acid groups (broad SMARTS) is 1. The summed E-state index contributed by atoms with van der Waals surface area (Å²) >= 11 is 0. The quantitative estimate of drug-likeness (QED) is 0.729. The molecule has 0 amide bonds. The molecule has 9 nitrogen and oxygen atoms in total. The lowest BCUT2D eigenvalue weighted by atomic mass is 9.86. The first-order chi connectivity index (χ1) is 13.9. The third-order valence-corrected chi connectivity index (χ3v) is 6.63. The molecule has 2 aliphatic heterocycles. The highest BCUT2D eigenvalue weighted by molar-refractivity contribution is 7.88. The van der Waals surface area contributed by atoms with E-state index >= 15 is 0 Å². The van der Waals surface area contributed by atoms with Crippen LogP contribution in [0.15, 0.2) is 18.5 Å². The second-order valence-electron chi connectivity index (χ2n) is 7.27. The number of carbonyl (C=O) groups is 1. The Bertz CT molecular complexity index is 814. The van der Waals surface area contributed by atoms with Crippen LogP contribution >= 0.6 is 0 Å². The molecule has 30 heavy (non-hydrogen) atoms. The van der Waals surface area contributed by atoms with Gasteiger partial charge in [0.05, 0.1) is 12.9 Å². The molecule has 170 valence electrons. The maximum Gasteiger partial charge on any atom is 0.490 e. The van der Waals surface area contributed by atoms with Crippen molar-refractivity contribution in [2.75, 3.05) is 38.0 Å². The van der Waals surface area contributed by atoms with E-state index in [0.717, 1.165) is 44.7 Å². The Hall–Kier alpha value is -1.99. The number of sulfonamides is 1. The monoisotopic (exact) mass is 454 g/mol. The molecule has 2 aliphatic rings. The first kappa shape index (κ1) is 24.3. The van der Waals surface area contributed by atoms with E-state index in [0.29, 0.717) is 6.61 Å². The van der Waals surface area contributed by atoms with Crippen molar-refractivity contribution in [1.29, 1.82) is 0 Å². The molecule has 2 saturated heterocycles. The standard InChI is InChI=1S/C15H24N4O3S.C2HF3O2/c1-22-12-13-4-5-15(19(13)23(2,20)21)6-10-18(11-7-15)14-16-8-3-9-17-14;3-2(4,5)1(6)7/h3,8-9,13H,4-7,10-12H2,1-2H3;(H,6,7). The average Bonchev–Trinajstić information content (AvgIpc) is 3.01. The predicted molar refractivity (Wildman–Crippen MR) is 101 cm³/mol. The molecule has 1 unspecified atom stereocenters. The van der Waals surface area contributed by atoms with E-state index in [1.165, 1.54) is 6.26 Å². The van der Waals surface area contributed by atoms with E-state index in [1.54, 1.807) is 29.9 Å². The van der Waals surface area contributed by atoms with Crippen LogP contribution in [-0.2, 0) is 19.6 Å². The summed E-state index contributed by atoms with van der Waals surface area (Å²) in [6.45, 7) is 2.01. The van der Waals surface area contributed by atoms with Crippen LogP contribution in [-0.4, -0.2) is 84.6 Å². The van der Waals surface area contributed by atoms with E-state index < -0.39 is 22.2 Å². The van der Waals surface area contributed by atoms with Crippen LogP contribution in [0.1, 0.15) is 25.7 Å². The van der Waals surface area contributed by atoms with Gasteiger partial charge in [0, 0.05) is 44.2 Å². The molecule has 3 rings (SSSR count). The van der Waals surface area contributed by atoms with Crippen molar-refractivity contribution >= 4 is 21.9 Å². The number of halogens is 3. The first-order valence-electron chi connectivity index (χ1n) is 9.21. The number of aromatic nitrogens is 2. The zero-order valence-electron chi connectivity index (χ0n) is 16.7. The Balaban J connectivity index is 0.000000396. The molecule has 1 atom stereocenters. The fourth-order valence-corrected chi connectivity index (χ4v) is 5.75. The van der Waals surface area contributed by atoms with Gasteiger partial charge in [-0.25, -0.2) is 23.2 Å². The van der Waals surface area contributed by atoms with Crippen LogP contribution in [0.2, 0.25) is 0 Å². The highest BCUT2D eigenvalue weighted by Crippen LogP contribution is 2.43. The predicted octanol–water partition coefficient (Wildman–Crippen LogP) is 1.52. The highest BCUT2D eigenvalue weighted by Gasteiger charge is 2.52. The number of ether oxygens (including phenoxy) is 1. The summed E-state index contributed by atoms with van der Waals surface area (Å²) in [7, 11) is -1.63. The van der Waals surface area contributed by atoms with Crippen LogP contribution in [0.5, 0.6) is 0 Å². The lowest BCUT2D eigenvalue weighted by Crippen LogP contribution is -2.56. The van der Waals surface area contributed by atoms with Crippen LogP contribution in [0, 0.1) is 0 Å². The maximum atomic E-state index is 12.4. The summed E-state index contributed by atoms with van der Waals surface area (Å²) in [5, 5.41) is 7.12. The number of hydrogen-bond acceptors (Lipinski definition) is 7. The third kappa shape index (κ3) is 5.79. The number of nitrogens with zero attached hydrogens (tertiary/aromatic N) is 4. The van der Waals surface area contributed by atoms with Crippen molar-refractivity contribution in [1.82, 2.24) is 14.3 Å². The zero-order chi connectivity index (χ0) is 22.6. The van der Waals surface area contributed by atoms with Gasteiger partial charge in [-0.2, -0.15) is 17.5 Å². The minimum Gasteiger partial charge on any atom is -0.475 e. The van der Waals surface area contributed by atoms with E-state index in [9.17, 15) is 21.6 Å². The van der Waals surface area contributed by atoms with Gasteiger partial charge in [-0.1, -0.05) is 0 Å². The maximum absolute atomic E-state index is 12.4. The second-order valence-corrected chi connectivity index (χ2v) is 9.13. The molecule has 1 aromatic heterocycles. The van der Waals surface area contributed by atoms with Crippen molar-refractivity contribution in [3.8, 4) is 0 Å². The minimum atomic E-state index is -5.08. The molecule has 0 radical (unpaired) electrons. The molecule has 1 spiro atoms. The number of rotatable bonds is 4. The van der Waals surface area contributed by atoms with Gasteiger partial charge >= 0.3 is 12.1 Å². The number of alkyl halides is 3. The van der Waals surface area contributed by atoms with Gasteiger partial charge in [-0.15, -0.1) is 0 Å². The Morgan fingerprint density at radius 2 is 1.80 bits per heavy atom. The molecule has 1 aromatic rings. The van der Waals surface area contributed by atoms with E-state index in [2.05, 4.69) is 14.9 Å². The van der Waals surface area contributed by atoms with Gasteiger partial charge in [-0.05, 0) is 31.7 Å². The number of piperidine rings is 1. The lowest BCUT2D eigenvalue weighted by Gasteiger charge is -2.45. The summed E-state index contributed by atoms with van der Waals surface area (Å²) < 4.78 is 63.5. The van der Waals surface area contributed by atoms with E-state index in [-0.39, 0.29) is 11.6 Å². The van der Waals surface area contributed by atoms with Gasteiger partial charge in [0.2, 0.25) is 16.0 Å². The second kappa shape index (κ2) is 9.43. The summed E-state index contributed by atoms with van der Waals surface area (Å²) in [6, 6.07) is 1.75. The van der Waals surface area contributed by atoms with E-state index in [1.807, 2.05) is 0 Å². The van der Waals surface area contributed by atoms with Gasteiger partial charge in [-0.3, -0.25) is 0 Å². The third-order valence-electron chi connectivity index (χ3n) is 5.23. The van der Waals surface area contributed by atoms with E-state index in [4.69, 9.17) is 14.6 Å². The van der Waals surface area contributed by atoms with Crippen molar-refractivity contribution in [2.24, 2.45) is 0 Å².